The van der Waals surface area contributed by atoms with Gasteiger partial charge >= 0.3 is 5.97 Å². The quantitative estimate of drug-likeness (QED) is 0.370. The highest BCUT2D eigenvalue weighted by Gasteiger charge is 2.49. The third-order valence-corrected chi connectivity index (χ3v) is 10.5. The van der Waals surface area contributed by atoms with E-state index in [1.165, 1.54) is 17.5 Å². The van der Waals surface area contributed by atoms with Crippen molar-refractivity contribution in [3.8, 4) is 0 Å². The van der Waals surface area contributed by atoms with Crippen LogP contribution in [0.25, 0.3) is 0 Å². The molecule has 1 aliphatic heterocycles. The maximum absolute atomic E-state index is 11.6. The van der Waals surface area contributed by atoms with Gasteiger partial charge in [0.1, 0.15) is 6.61 Å². The maximum Gasteiger partial charge on any atom is 0.334 e. The molecule has 0 bridgehead atoms. The van der Waals surface area contributed by atoms with Gasteiger partial charge in [0.15, 0.2) is 11.9 Å². The van der Waals surface area contributed by atoms with Crippen molar-refractivity contribution in [2.75, 3.05) is 20.3 Å². The van der Waals surface area contributed by atoms with Crippen LogP contribution in [0.15, 0.2) is 65.7 Å². The van der Waals surface area contributed by atoms with E-state index in [9.17, 15) is 4.79 Å². The molecule has 0 aliphatic carbocycles. The van der Waals surface area contributed by atoms with Gasteiger partial charge in [0.05, 0.1) is 7.11 Å². The van der Waals surface area contributed by atoms with Crippen molar-refractivity contribution < 1.29 is 18.7 Å². The Hall–Kier alpha value is -2.44. The number of hydrogen-bond donors (Lipinski definition) is 0. The Kier molecular flexibility index (Phi) is 7.10. The van der Waals surface area contributed by atoms with Crippen molar-refractivity contribution in [1.82, 2.24) is 0 Å². The van der Waals surface area contributed by atoms with Crippen LogP contribution in [-0.2, 0) is 18.7 Å². The van der Waals surface area contributed by atoms with Gasteiger partial charge in [-0.15, -0.1) is 0 Å². The molecule has 1 unspecified atom stereocenters. The van der Waals surface area contributed by atoms with Crippen LogP contribution >= 0.6 is 0 Å². The fraction of sp³-hybridized carbons (Fsp3) is 0.417. The second-order valence-corrected chi connectivity index (χ2v) is 12.8. The smallest absolute Gasteiger partial charge is 0.334 e. The SMILES string of the molecule is COC(=O)C1COC(CCCO[Si](c2ccccc2)(c2ccccc2)C(C)(C)C)=N1. The van der Waals surface area contributed by atoms with E-state index in [2.05, 4.69) is 74.3 Å². The summed E-state index contributed by atoms with van der Waals surface area (Å²) in [5.41, 5.74) is 0. The number of aliphatic imine (C=N–C) groups is 1. The van der Waals surface area contributed by atoms with Crippen LogP contribution in [0.3, 0.4) is 0 Å². The predicted molar refractivity (Wildman–Crippen MR) is 122 cm³/mol. The standard InChI is InChI=1S/C24H31NO4Si/c1-24(2,3)30(19-12-7-5-8-13-19,20-14-9-6-10-15-20)29-17-11-16-22-25-21(18-28-22)23(26)27-4/h5-10,12-15,21H,11,16-18H2,1-4H3. The highest BCUT2D eigenvalue weighted by atomic mass is 28.4. The lowest BCUT2D eigenvalue weighted by molar-refractivity contribution is -0.142. The number of methoxy groups -OCH3 is 1. The molecule has 0 radical (unpaired) electrons. The third kappa shape index (κ3) is 4.65. The number of hydrogen-bond acceptors (Lipinski definition) is 5. The number of benzene rings is 2. The number of nitrogens with zero attached hydrogens (tertiary/aromatic N) is 1. The van der Waals surface area contributed by atoms with Crippen molar-refractivity contribution in [1.29, 1.82) is 0 Å². The minimum atomic E-state index is -2.52. The first-order chi connectivity index (χ1) is 14.4. The van der Waals surface area contributed by atoms with Gasteiger partial charge in [-0.1, -0.05) is 81.4 Å². The summed E-state index contributed by atoms with van der Waals surface area (Å²) in [6, 6.07) is 20.7. The molecule has 0 N–H and O–H groups in total. The minimum Gasteiger partial charge on any atom is -0.478 e. The molecule has 0 spiro atoms. The Morgan fingerprint density at radius 3 is 2.13 bits per heavy atom. The Morgan fingerprint density at radius 2 is 1.63 bits per heavy atom. The fourth-order valence-corrected chi connectivity index (χ4v) is 8.63. The summed E-state index contributed by atoms with van der Waals surface area (Å²) in [6.07, 6.45) is 1.42. The van der Waals surface area contributed by atoms with Crippen LogP contribution in [0, 0.1) is 0 Å². The van der Waals surface area contributed by atoms with Crippen molar-refractivity contribution >= 4 is 30.6 Å². The van der Waals surface area contributed by atoms with E-state index in [1.54, 1.807) is 0 Å². The lowest BCUT2D eigenvalue weighted by atomic mass is 10.2. The molecule has 5 nitrogen and oxygen atoms in total. The van der Waals surface area contributed by atoms with Crippen molar-refractivity contribution in [3.05, 3.63) is 60.7 Å². The number of carbonyl (C=O) groups is 1. The molecule has 2 aromatic rings. The molecule has 0 saturated carbocycles. The Balaban J connectivity index is 1.78. The molecule has 0 amide bonds. The van der Waals surface area contributed by atoms with E-state index in [0.29, 0.717) is 18.9 Å². The van der Waals surface area contributed by atoms with Crippen LogP contribution in [0.1, 0.15) is 33.6 Å². The van der Waals surface area contributed by atoms with Crippen LogP contribution in [0.4, 0.5) is 0 Å². The van der Waals surface area contributed by atoms with E-state index in [-0.39, 0.29) is 17.6 Å². The van der Waals surface area contributed by atoms with Crippen molar-refractivity contribution in [3.63, 3.8) is 0 Å². The van der Waals surface area contributed by atoms with Crippen LogP contribution in [-0.4, -0.2) is 46.5 Å². The van der Waals surface area contributed by atoms with Crippen LogP contribution < -0.4 is 10.4 Å². The first kappa shape index (κ1) is 22.2. The number of carbonyl (C=O) groups excluding carboxylic acids is 1. The van der Waals surface area contributed by atoms with Gasteiger partial charge in [-0.05, 0) is 21.8 Å². The van der Waals surface area contributed by atoms with E-state index < -0.39 is 14.4 Å². The molecule has 1 aliphatic rings. The third-order valence-electron chi connectivity index (χ3n) is 5.45. The minimum absolute atomic E-state index is 0.0485. The number of esters is 1. The second kappa shape index (κ2) is 9.58. The first-order valence-electron chi connectivity index (χ1n) is 10.4. The second-order valence-electron chi connectivity index (χ2n) is 8.49. The molecule has 1 atom stereocenters. The van der Waals surface area contributed by atoms with Gasteiger partial charge in [0, 0.05) is 13.0 Å². The van der Waals surface area contributed by atoms with Crippen LogP contribution in [0.2, 0.25) is 5.04 Å². The zero-order valence-electron chi connectivity index (χ0n) is 18.3. The maximum atomic E-state index is 11.6. The molecule has 0 fully saturated rings. The number of rotatable bonds is 8. The Labute approximate surface area is 180 Å². The van der Waals surface area contributed by atoms with Crippen LogP contribution in [0.5, 0.6) is 0 Å². The summed E-state index contributed by atoms with van der Waals surface area (Å²) >= 11 is 0. The number of ether oxygens (including phenoxy) is 2. The molecule has 1 heterocycles. The lowest BCUT2D eigenvalue weighted by Gasteiger charge is -2.43. The topological polar surface area (TPSA) is 57.1 Å². The summed E-state index contributed by atoms with van der Waals surface area (Å²) in [5.74, 6) is 0.255. The normalized spacial score (nSPS) is 16.7. The molecular formula is C24H31NO4Si. The van der Waals surface area contributed by atoms with E-state index in [1.807, 2.05) is 12.1 Å². The molecule has 2 aromatic carbocycles. The summed E-state index contributed by atoms with van der Waals surface area (Å²) < 4.78 is 17.2. The van der Waals surface area contributed by atoms with Gasteiger partial charge in [0.25, 0.3) is 8.32 Å². The van der Waals surface area contributed by atoms with E-state index in [4.69, 9.17) is 13.9 Å². The average molecular weight is 426 g/mol. The highest BCUT2D eigenvalue weighted by Crippen LogP contribution is 2.36. The summed E-state index contributed by atoms with van der Waals surface area (Å²) in [7, 11) is -1.15. The summed E-state index contributed by atoms with van der Waals surface area (Å²) in [4.78, 5) is 16.0. The largest absolute Gasteiger partial charge is 0.478 e. The zero-order chi connectivity index (χ0) is 21.6. The van der Waals surface area contributed by atoms with E-state index >= 15 is 0 Å². The highest BCUT2D eigenvalue weighted by molar-refractivity contribution is 6.99. The molecule has 30 heavy (non-hydrogen) atoms. The summed E-state index contributed by atoms with van der Waals surface area (Å²) in [6.45, 7) is 7.66. The lowest BCUT2D eigenvalue weighted by Crippen LogP contribution is -2.66. The van der Waals surface area contributed by atoms with Gasteiger partial charge in [0.2, 0.25) is 0 Å². The molecule has 0 aromatic heterocycles. The van der Waals surface area contributed by atoms with Gasteiger partial charge in [-0.25, -0.2) is 9.79 Å². The van der Waals surface area contributed by atoms with Crippen molar-refractivity contribution in [2.24, 2.45) is 4.99 Å². The van der Waals surface area contributed by atoms with Crippen molar-refractivity contribution in [2.45, 2.75) is 44.7 Å². The molecular weight excluding hydrogens is 394 g/mol. The molecule has 6 heteroatoms. The zero-order valence-corrected chi connectivity index (χ0v) is 19.3. The van der Waals surface area contributed by atoms with Gasteiger partial charge in [-0.3, -0.25) is 0 Å². The molecule has 0 saturated heterocycles. The molecule has 160 valence electrons. The van der Waals surface area contributed by atoms with Gasteiger partial charge in [-0.2, -0.15) is 0 Å². The fourth-order valence-electron chi connectivity index (χ4n) is 4.03. The first-order valence-corrected chi connectivity index (χ1v) is 12.3. The Morgan fingerprint density at radius 1 is 1.07 bits per heavy atom. The Bertz CT molecular complexity index is 822. The average Bonchev–Trinajstić information content (AvgIpc) is 3.22. The predicted octanol–water partition coefficient (Wildman–Crippen LogP) is 3.31. The monoisotopic (exact) mass is 425 g/mol. The molecule has 3 rings (SSSR count). The van der Waals surface area contributed by atoms with E-state index in [0.717, 1.165) is 6.42 Å². The van der Waals surface area contributed by atoms with Gasteiger partial charge < -0.3 is 13.9 Å². The summed E-state index contributed by atoms with van der Waals surface area (Å²) in [5, 5.41) is 2.49.